The Hall–Kier alpha value is -1.26. The van der Waals surface area contributed by atoms with Crippen LogP contribution in [-0.2, 0) is 4.79 Å². The lowest BCUT2D eigenvalue weighted by atomic mass is 10.1. The van der Waals surface area contributed by atoms with Crippen molar-refractivity contribution in [2.45, 2.75) is 32.9 Å². The molecule has 1 unspecified atom stereocenters. The highest BCUT2D eigenvalue weighted by molar-refractivity contribution is 6.32. The summed E-state index contributed by atoms with van der Waals surface area (Å²) in [6, 6.07) is 6.74. The van der Waals surface area contributed by atoms with Crippen LogP contribution in [0.3, 0.4) is 0 Å². The third kappa shape index (κ3) is 5.09. The number of hydrogen-bond donors (Lipinski definition) is 2. The molecule has 3 N–H and O–H groups in total. The zero-order valence-corrected chi connectivity index (χ0v) is 12.3. The van der Waals surface area contributed by atoms with Gasteiger partial charge in [-0.25, -0.2) is 0 Å². The van der Waals surface area contributed by atoms with Gasteiger partial charge < -0.3 is 15.8 Å². The van der Waals surface area contributed by atoms with Crippen molar-refractivity contribution in [1.29, 1.82) is 0 Å². The van der Waals surface area contributed by atoms with E-state index in [1.165, 1.54) is 0 Å². The molecule has 1 aromatic rings. The fraction of sp³-hybridized carbons (Fsp3) is 0.500. The first-order chi connectivity index (χ1) is 8.91. The van der Waals surface area contributed by atoms with E-state index in [0.29, 0.717) is 17.3 Å². The van der Waals surface area contributed by atoms with Gasteiger partial charge in [0.25, 0.3) is 0 Å². The van der Waals surface area contributed by atoms with Gasteiger partial charge in [0.2, 0.25) is 5.91 Å². The lowest BCUT2D eigenvalue weighted by Crippen LogP contribution is -2.46. The maximum absolute atomic E-state index is 11.7. The van der Waals surface area contributed by atoms with E-state index in [-0.39, 0.29) is 17.9 Å². The molecule has 0 bridgehead atoms. The van der Waals surface area contributed by atoms with Gasteiger partial charge in [-0.1, -0.05) is 37.6 Å². The number of nitrogens with one attached hydrogen (secondary N) is 1. The number of nitrogens with two attached hydrogens (primary N) is 1. The summed E-state index contributed by atoms with van der Waals surface area (Å²) < 4.78 is 5.65. The summed E-state index contributed by atoms with van der Waals surface area (Å²) in [4.78, 5) is 11.7. The van der Waals surface area contributed by atoms with Crippen molar-refractivity contribution in [1.82, 2.24) is 5.32 Å². The number of para-hydroxylation sites is 1. The van der Waals surface area contributed by atoms with Gasteiger partial charge in [0, 0.05) is 0 Å². The second kappa shape index (κ2) is 7.36. The Kier molecular flexibility index (Phi) is 6.12. The third-order valence-corrected chi connectivity index (χ3v) is 3.06. The zero-order valence-electron chi connectivity index (χ0n) is 11.5. The second-order valence-corrected chi connectivity index (χ2v) is 5.28. The minimum absolute atomic E-state index is 0.111. The van der Waals surface area contributed by atoms with E-state index in [4.69, 9.17) is 22.1 Å². The van der Waals surface area contributed by atoms with Crippen LogP contribution in [0, 0.1) is 5.92 Å². The standard InChI is InChI=1S/C14H21ClN2O2/c1-9(2)13(16)14(18)17-8-10(3)19-12-7-5-4-6-11(12)15/h4-7,9-10,13H,8,16H2,1-3H3,(H,17,18)/t10?,13-/m0/s1. The van der Waals surface area contributed by atoms with Crippen LogP contribution in [-0.4, -0.2) is 24.6 Å². The van der Waals surface area contributed by atoms with Crippen LogP contribution in [0.25, 0.3) is 0 Å². The predicted molar refractivity (Wildman–Crippen MR) is 77.4 cm³/mol. The van der Waals surface area contributed by atoms with Gasteiger partial charge in [-0.05, 0) is 25.0 Å². The van der Waals surface area contributed by atoms with Gasteiger partial charge in [0.05, 0.1) is 17.6 Å². The second-order valence-electron chi connectivity index (χ2n) is 4.87. The molecule has 0 aliphatic heterocycles. The lowest BCUT2D eigenvalue weighted by Gasteiger charge is -2.19. The molecule has 106 valence electrons. The molecule has 0 aliphatic rings. The number of rotatable bonds is 6. The summed E-state index contributed by atoms with van der Waals surface area (Å²) in [6.45, 7) is 6.08. The van der Waals surface area contributed by atoms with Gasteiger partial charge in [-0.3, -0.25) is 4.79 Å². The molecular weight excluding hydrogens is 264 g/mol. The van der Waals surface area contributed by atoms with Crippen LogP contribution >= 0.6 is 11.6 Å². The van der Waals surface area contributed by atoms with E-state index in [1.54, 1.807) is 12.1 Å². The number of benzene rings is 1. The molecule has 0 saturated heterocycles. The van der Waals surface area contributed by atoms with E-state index in [9.17, 15) is 4.79 Å². The average Bonchev–Trinajstić information content (AvgIpc) is 2.37. The summed E-state index contributed by atoms with van der Waals surface area (Å²) in [5.41, 5.74) is 5.75. The Bertz CT molecular complexity index is 424. The number of amides is 1. The molecule has 2 atom stereocenters. The Morgan fingerprint density at radius 3 is 2.58 bits per heavy atom. The first-order valence-electron chi connectivity index (χ1n) is 6.36. The minimum atomic E-state index is -0.493. The monoisotopic (exact) mass is 284 g/mol. The molecule has 1 rings (SSSR count). The van der Waals surface area contributed by atoms with Crippen molar-refractivity contribution in [2.24, 2.45) is 11.7 Å². The van der Waals surface area contributed by atoms with Crippen molar-refractivity contribution >= 4 is 17.5 Å². The largest absolute Gasteiger partial charge is 0.487 e. The number of carbonyl (C=O) groups excluding carboxylic acids is 1. The average molecular weight is 285 g/mol. The predicted octanol–water partition coefficient (Wildman–Crippen LogP) is 2.21. The Morgan fingerprint density at radius 1 is 1.37 bits per heavy atom. The smallest absolute Gasteiger partial charge is 0.237 e. The van der Waals surface area contributed by atoms with Crippen molar-refractivity contribution < 1.29 is 9.53 Å². The number of halogens is 1. The van der Waals surface area contributed by atoms with Crippen molar-refractivity contribution in [3.05, 3.63) is 29.3 Å². The van der Waals surface area contributed by atoms with Gasteiger partial charge in [0.1, 0.15) is 11.9 Å². The van der Waals surface area contributed by atoms with Crippen LogP contribution in [0.1, 0.15) is 20.8 Å². The van der Waals surface area contributed by atoms with E-state index in [0.717, 1.165) is 0 Å². The highest BCUT2D eigenvalue weighted by atomic mass is 35.5. The van der Waals surface area contributed by atoms with E-state index >= 15 is 0 Å². The molecule has 0 radical (unpaired) electrons. The highest BCUT2D eigenvalue weighted by Crippen LogP contribution is 2.23. The number of carbonyl (C=O) groups is 1. The molecule has 0 aromatic heterocycles. The summed E-state index contributed by atoms with van der Waals surface area (Å²) in [5.74, 6) is 0.559. The van der Waals surface area contributed by atoms with E-state index in [1.807, 2.05) is 32.9 Å². The molecule has 0 fully saturated rings. The molecule has 19 heavy (non-hydrogen) atoms. The quantitative estimate of drug-likeness (QED) is 0.842. The normalized spacial score (nSPS) is 14.0. The maximum atomic E-state index is 11.7. The molecule has 0 saturated carbocycles. The van der Waals surface area contributed by atoms with E-state index < -0.39 is 6.04 Å². The van der Waals surface area contributed by atoms with Crippen molar-refractivity contribution in [2.75, 3.05) is 6.54 Å². The van der Waals surface area contributed by atoms with E-state index in [2.05, 4.69) is 5.32 Å². The van der Waals surface area contributed by atoms with Crippen LogP contribution < -0.4 is 15.8 Å². The van der Waals surface area contributed by atoms with Crippen LogP contribution in [0.4, 0.5) is 0 Å². The Morgan fingerprint density at radius 2 is 2.00 bits per heavy atom. The molecule has 0 aliphatic carbocycles. The Balaban J connectivity index is 2.42. The first kappa shape index (κ1) is 15.8. The van der Waals surface area contributed by atoms with Crippen LogP contribution in [0.15, 0.2) is 24.3 Å². The summed E-state index contributed by atoms with van der Waals surface area (Å²) >= 11 is 5.99. The summed E-state index contributed by atoms with van der Waals surface area (Å²) in [7, 11) is 0. The zero-order chi connectivity index (χ0) is 14.4. The fourth-order valence-corrected chi connectivity index (χ4v) is 1.64. The fourth-order valence-electron chi connectivity index (χ4n) is 1.46. The Labute approximate surface area is 119 Å². The van der Waals surface area contributed by atoms with Gasteiger partial charge >= 0.3 is 0 Å². The molecular formula is C14H21ClN2O2. The summed E-state index contributed by atoms with van der Waals surface area (Å²) in [5, 5.41) is 3.33. The topological polar surface area (TPSA) is 64.4 Å². The SMILES string of the molecule is CC(CNC(=O)[C@@H](N)C(C)C)Oc1ccccc1Cl. The molecule has 1 amide bonds. The van der Waals surface area contributed by atoms with Crippen molar-refractivity contribution in [3.8, 4) is 5.75 Å². The number of ether oxygens (including phenoxy) is 1. The number of hydrogen-bond acceptors (Lipinski definition) is 3. The summed E-state index contributed by atoms with van der Waals surface area (Å²) in [6.07, 6.45) is -0.178. The maximum Gasteiger partial charge on any atom is 0.237 e. The molecule has 1 aromatic carbocycles. The molecule has 4 nitrogen and oxygen atoms in total. The van der Waals surface area contributed by atoms with Crippen LogP contribution in [0.2, 0.25) is 5.02 Å². The highest BCUT2D eigenvalue weighted by Gasteiger charge is 2.17. The minimum Gasteiger partial charge on any atom is -0.487 e. The van der Waals surface area contributed by atoms with Gasteiger partial charge in [-0.15, -0.1) is 0 Å². The first-order valence-corrected chi connectivity index (χ1v) is 6.74. The van der Waals surface area contributed by atoms with Crippen LogP contribution in [0.5, 0.6) is 5.75 Å². The lowest BCUT2D eigenvalue weighted by molar-refractivity contribution is -0.123. The van der Waals surface area contributed by atoms with Gasteiger partial charge in [-0.2, -0.15) is 0 Å². The van der Waals surface area contributed by atoms with Gasteiger partial charge in [0.15, 0.2) is 0 Å². The van der Waals surface area contributed by atoms with Crippen molar-refractivity contribution in [3.63, 3.8) is 0 Å². The molecule has 0 spiro atoms. The molecule has 0 heterocycles. The third-order valence-electron chi connectivity index (χ3n) is 2.75. The molecule has 5 heteroatoms.